The fraction of sp³-hybridized carbons (Fsp3) is 0. The van der Waals surface area contributed by atoms with Gasteiger partial charge in [0.2, 0.25) is 0 Å². The predicted molar refractivity (Wildman–Crippen MR) is 151 cm³/mol. The number of fused-ring (bicyclic) bond motifs is 4. The molecular weight excluding hydrogens is 500 g/mol. The maximum Gasteiger partial charge on any atom is 0.199 e. The van der Waals surface area contributed by atoms with Crippen molar-refractivity contribution in [3.63, 3.8) is 0 Å². The summed E-state index contributed by atoms with van der Waals surface area (Å²) in [6.07, 6.45) is 0. The molecule has 2 aromatic heterocycles. The highest BCUT2D eigenvalue weighted by atomic mass is 16.2. The van der Waals surface area contributed by atoms with Crippen LogP contribution in [0, 0.1) is 10.7 Å². The SMILES string of the molecule is O=C1C(=c2[nH]/c(=c3/[nH]c(=C4C(=O)c5ccccc5C4=O)c4ccccc34)c3ccccc23)C(=O)c2ccccc21. The Labute approximate surface area is 225 Å². The van der Waals surface area contributed by atoms with Crippen LogP contribution in [0.3, 0.4) is 0 Å². The summed E-state index contributed by atoms with van der Waals surface area (Å²) in [5.41, 5.74) is 1.78. The summed E-state index contributed by atoms with van der Waals surface area (Å²) in [5, 5.41) is 5.29. The average Bonchev–Trinajstić information content (AvgIpc) is 3.69. The van der Waals surface area contributed by atoms with E-state index in [2.05, 4.69) is 9.97 Å². The van der Waals surface area contributed by atoms with Gasteiger partial charge in [-0.1, -0.05) is 97.1 Å². The number of benzene rings is 4. The summed E-state index contributed by atoms with van der Waals surface area (Å²) in [6, 6.07) is 28.8. The van der Waals surface area contributed by atoms with Gasteiger partial charge in [-0.2, -0.15) is 0 Å². The van der Waals surface area contributed by atoms with Gasteiger partial charge in [0.05, 0.1) is 32.5 Å². The van der Waals surface area contributed by atoms with Gasteiger partial charge < -0.3 is 9.97 Å². The van der Waals surface area contributed by atoms with E-state index in [1.165, 1.54) is 0 Å². The van der Waals surface area contributed by atoms with Crippen LogP contribution in [0.1, 0.15) is 41.4 Å². The molecule has 4 aromatic carbocycles. The molecule has 0 bridgehead atoms. The molecular formula is C34H18N2O4. The number of hydrogen-bond acceptors (Lipinski definition) is 4. The van der Waals surface area contributed by atoms with E-state index in [1.807, 2.05) is 48.5 Å². The minimum Gasteiger partial charge on any atom is -0.352 e. The highest BCUT2D eigenvalue weighted by Crippen LogP contribution is 2.29. The number of Topliss-reactive ketones (excluding diaryl/α,β-unsaturated/α-hetero) is 4. The van der Waals surface area contributed by atoms with Crippen LogP contribution >= 0.6 is 0 Å². The van der Waals surface area contributed by atoms with Crippen molar-refractivity contribution >= 4 is 55.8 Å². The lowest BCUT2D eigenvalue weighted by molar-refractivity contribution is 0.101. The summed E-state index contributed by atoms with van der Waals surface area (Å²) in [5.74, 6) is -1.25. The molecule has 0 radical (unpaired) electrons. The minimum atomic E-state index is -0.313. The molecule has 2 N–H and O–H groups in total. The number of carbonyl (C=O) groups is 4. The Balaban J connectivity index is 1.55. The molecule has 188 valence electrons. The maximum atomic E-state index is 13.4. The topological polar surface area (TPSA) is 99.9 Å². The summed E-state index contributed by atoms with van der Waals surface area (Å²) < 4.78 is 0. The van der Waals surface area contributed by atoms with Crippen LogP contribution in [0.5, 0.6) is 0 Å². The van der Waals surface area contributed by atoms with Crippen LogP contribution in [0.25, 0.3) is 32.7 Å². The molecule has 0 saturated carbocycles. The van der Waals surface area contributed by atoms with Crippen molar-refractivity contribution in [2.75, 3.05) is 0 Å². The molecule has 0 atom stereocenters. The molecule has 0 spiro atoms. The van der Waals surface area contributed by atoms with E-state index >= 15 is 0 Å². The lowest BCUT2D eigenvalue weighted by Crippen LogP contribution is -2.16. The van der Waals surface area contributed by atoms with Gasteiger partial charge in [0.15, 0.2) is 23.1 Å². The van der Waals surface area contributed by atoms with Crippen molar-refractivity contribution in [3.8, 4) is 0 Å². The van der Waals surface area contributed by atoms with Gasteiger partial charge in [0.25, 0.3) is 0 Å². The van der Waals surface area contributed by atoms with Crippen LogP contribution in [0.15, 0.2) is 97.1 Å². The third-order valence-corrected chi connectivity index (χ3v) is 7.92. The lowest BCUT2D eigenvalue weighted by atomic mass is 10.1. The molecule has 2 aliphatic rings. The second kappa shape index (κ2) is 7.94. The molecule has 6 heteroatoms. The Morgan fingerprint density at radius 2 is 0.575 bits per heavy atom. The van der Waals surface area contributed by atoms with Crippen LogP contribution < -0.4 is 10.7 Å². The average molecular weight is 519 g/mol. The number of aromatic amines is 2. The Morgan fingerprint density at radius 3 is 0.875 bits per heavy atom. The fourth-order valence-electron chi connectivity index (χ4n) is 6.10. The molecule has 0 aliphatic heterocycles. The highest BCUT2D eigenvalue weighted by molar-refractivity contribution is 6.56. The first-order valence-corrected chi connectivity index (χ1v) is 12.9. The first-order valence-electron chi connectivity index (χ1n) is 12.9. The van der Waals surface area contributed by atoms with Crippen molar-refractivity contribution in [3.05, 3.63) is 141 Å². The van der Waals surface area contributed by atoms with Crippen LogP contribution in [-0.2, 0) is 0 Å². The molecule has 0 fully saturated rings. The van der Waals surface area contributed by atoms with Gasteiger partial charge in [-0.3, -0.25) is 19.2 Å². The van der Waals surface area contributed by atoms with E-state index < -0.39 is 0 Å². The number of carbonyl (C=O) groups excluding carboxylic acids is 4. The minimum absolute atomic E-state index is 0.103. The number of rotatable bonds is 0. The Kier molecular flexibility index (Phi) is 4.44. The van der Waals surface area contributed by atoms with E-state index in [-0.39, 0.29) is 34.3 Å². The monoisotopic (exact) mass is 518 g/mol. The first kappa shape index (κ1) is 22.4. The Bertz CT molecular complexity index is 2160. The normalized spacial score (nSPS) is 15.5. The number of hydrogen-bond donors (Lipinski definition) is 2. The van der Waals surface area contributed by atoms with Crippen molar-refractivity contribution in [1.82, 2.24) is 9.97 Å². The number of ketones is 4. The smallest absolute Gasteiger partial charge is 0.199 e. The zero-order valence-corrected chi connectivity index (χ0v) is 20.9. The van der Waals surface area contributed by atoms with Crippen molar-refractivity contribution in [2.24, 2.45) is 0 Å². The number of H-pyrrole nitrogens is 2. The van der Waals surface area contributed by atoms with E-state index in [4.69, 9.17) is 0 Å². The molecule has 0 saturated heterocycles. The zero-order chi connectivity index (χ0) is 27.1. The fourth-order valence-corrected chi connectivity index (χ4v) is 6.10. The van der Waals surface area contributed by atoms with E-state index in [1.54, 1.807) is 48.5 Å². The number of nitrogens with one attached hydrogen (secondary N) is 2. The van der Waals surface area contributed by atoms with E-state index in [0.717, 1.165) is 21.5 Å². The summed E-state index contributed by atoms with van der Waals surface area (Å²) in [4.78, 5) is 60.4. The standard InChI is InChI=1S/C34H18N2O4/c37-31-21-13-5-6-14-22(21)32(38)25(31)27-17-9-1-3-11-19(17)29(35-27)30-20-12-4-2-10-18(20)28(36-30)26-33(39)23-15-7-8-16-24(23)34(26)40/h1-16,35-36H/b30-29+. The Morgan fingerprint density at radius 1 is 0.325 bits per heavy atom. The summed E-state index contributed by atoms with van der Waals surface area (Å²) >= 11 is 0. The highest BCUT2D eigenvalue weighted by Gasteiger charge is 2.35. The molecule has 0 unspecified atom stereocenters. The summed E-state index contributed by atoms with van der Waals surface area (Å²) in [7, 11) is 0. The predicted octanol–water partition coefficient (Wildman–Crippen LogP) is 4.40. The largest absolute Gasteiger partial charge is 0.352 e. The van der Waals surface area contributed by atoms with Gasteiger partial charge >= 0.3 is 0 Å². The van der Waals surface area contributed by atoms with Crippen LogP contribution in [-0.4, -0.2) is 33.1 Å². The molecule has 6 nitrogen and oxygen atoms in total. The van der Waals surface area contributed by atoms with Gasteiger partial charge in [0, 0.05) is 43.8 Å². The number of aromatic nitrogens is 2. The van der Waals surface area contributed by atoms with Crippen molar-refractivity contribution in [1.29, 1.82) is 0 Å². The van der Waals surface area contributed by atoms with Crippen molar-refractivity contribution in [2.45, 2.75) is 0 Å². The quantitative estimate of drug-likeness (QED) is 0.311. The molecule has 0 amide bonds. The molecule has 40 heavy (non-hydrogen) atoms. The molecule has 6 aromatic rings. The third-order valence-electron chi connectivity index (χ3n) is 7.92. The van der Waals surface area contributed by atoms with Gasteiger partial charge in [-0.15, -0.1) is 0 Å². The maximum absolute atomic E-state index is 13.4. The first-order chi connectivity index (χ1) is 19.5. The molecule has 2 heterocycles. The second-order valence-corrected chi connectivity index (χ2v) is 10.00. The van der Waals surface area contributed by atoms with E-state index in [9.17, 15) is 19.2 Å². The summed E-state index contributed by atoms with van der Waals surface area (Å²) in [6.45, 7) is 0. The lowest BCUT2D eigenvalue weighted by Gasteiger charge is -1.92. The van der Waals surface area contributed by atoms with Gasteiger partial charge in [0.1, 0.15) is 0 Å². The molecule has 8 rings (SSSR count). The third kappa shape index (κ3) is 2.82. The Hall–Kier alpha value is -5.62. The molecule has 2 aliphatic carbocycles. The van der Waals surface area contributed by atoms with Gasteiger partial charge in [-0.25, -0.2) is 0 Å². The van der Waals surface area contributed by atoms with Gasteiger partial charge in [-0.05, 0) is 0 Å². The van der Waals surface area contributed by atoms with Crippen LogP contribution in [0.4, 0.5) is 0 Å². The van der Waals surface area contributed by atoms with Crippen LogP contribution in [0.2, 0.25) is 0 Å². The van der Waals surface area contributed by atoms with Crippen molar-refractivity contribution < 1.29 is 19.2 Å². The zero-order valence-electron chi connectivity index (χ0n) is 20.9. The van der Waals surface area contributed by atoms with E-state index in [0.29, 0.717) is 43.7 Å². The second-order valence-electron chi connectivity index (χ2n) is 10.00.